The molecule has 1 unspecified atom stereocenters. The second kappa shape index (κ2) is 9.96. The maximum atomic E-state index is 12.4. The van der Waals surface area contributed by atoms with Gasteiger partial charge in [-0.15, -0.1) is 0 Å². The number of hydrogen-bond acceptors (Lipinski definition) is 9. The Labute approximate surface area is 181 Å². The largest absolute Gasteiger partial charge is 0.462 e. The van der Waals surface area contributed by atoms with E-state index >= 15 is 0 Å². The number of esters is 1. The van der Waals surface area contributed by atoms with Gasteiger partial charge in [0.25, 0.3) is 5.56 Å². The Morgan fingerprint density at radius 3 is 2.72 bits per heavy atom. The van der Waals surface area contributed by atoms with E-state index in [9.17, 15) is 28.9 Å². The van der Waals surface area contributed by atoms with Gasteiger partial charge in [0.1, 0.15) is 12.3 Å². The van der Waals surface area contributed by atoms with Gasteiger partial charge < -0.3 is 19.5 Å². The van der Waals surface area contributed by atoms with Crippen LogP contribution < -0.4 is 16.3 Å². The lowest BCUT2D eigenvalue weighted by Gasteiger charge is -2.28. The average Bonchev–Trinajstić information content (AvgIpc) is 2.92. The van der Waals surface area contributed by atoms with Crippen LogP contribution in [0.5, 0.6) is 0 Å². The number of rotatable bonds is 9. The second-order valence-corrected chi connectivity index (χ2v) is 9.05. The lowest BCUT2D eigenvalue weighted by Crippen LogP contribution is -2.44. The summed E-state index contributed by atoms with van der Waals surface area (Å²) in [5.74, 6) is -1.66. The molecule has 0 bridgehead atoms. The Balaban J connectivity index is 2.22. The van der Waals surface area contributed by atoms with E-state index in [1.54, 1.807) is 13.8 Å². The summed E-state index contributed by atoms with van der Waals surface area (Å²) in [6.45, 7) is 5.06. The molecule has 15 nitrogen and oxygen atoms in total. The molecule has 1 aliphatic heterocycles. The van der Waals surface area contributed by atoms with Crippen LogP contribution in [0.3, 0.4) is 0 Å². The highest BCUT2D eigenvalue weighted by Gasteiger charge is 2.54. The van der Waals surface area contributed by atoms with Crippen LogP contribution in [0, 0.1) is 5.92 Å². The van der Waals surface area contributed by atoms with Gasteiger partial charge >= 0.3 is 19.4 Å². The molecule has 0 radical (unpaired) electrons. The maximum Gasteiger partial charge on any atom is 0.403 e. The fourth-order valence-electron chi connectivity index (χ4n) is 3.05. The first-order valence-electron chi connectivity index (χ1n) is 9.51. The number of ether oxygens (including phenoxy) is 2. The average molecular weight is 476 g/mol. The van der Waals surface area contributed by atoms with Crippen molar-refractivity contribution >= 4 is 13.7 Å². The molecule has 0 amide bonds. The minimum atomic E-state index is -4.66. The fraction of sp³-hybridized carbons (Fsp3) is 0.688. The van der Waals surface area contributed by atoms with E-state index in [0.717, 1.165) is 16.8 Å². The van der Waals surface area contributed by atoms with Gasteiger partial charge in [-0.1, -0.05) is 12.0 Å². The van der Waals surface area contributed by atoms with Crippen LogP contribution in [-0.2, 0) is 23.4 Å². The molecule has 0 aliphatic carbocycles. The van der Waals surface area contributed by atoms with Crippen molar-refractivity contribution in [1.29, 1.82) is 0 Å². The van der Waals surface area contributed by atoms with E-state index in [-0.39, 0.29) is 0 Å². The summed E-state index contributed by atoms with van der Waals surface area (Å²) in [4.78, 5) is 50.0. The predicted molar refractivity (Wildman–Crippen MR) is 108 cm³/mol. The Morgan fingerprint density at radius 2 is 2.16 bits per heavy atom. The van der Waals surface area contributed by atoms with Crippen LogP contribution in [0.2, 0.25) is 0 Å². The topological polar surface area (TPSA) is 218 Å². The van der Waals surface area contributed by atoms with Gasteiger partial charge in [-0.25, -0.2) is 14.4 Å². The molecule has 4 N–H and O–H groups in total. The van der Waals surface area contributed by atoms with Crippen molar-refractivity contribution in [2.75, 3.05) is 6.61 Å². The summed E-state index contributed by atoms with van der Waals surface area (Å²) in [5, 5.41) is 16.1. The van der Waals surface area contributed by atoms with Gasteiger partial charge in [-0.05, 0) is 26.3 Å². The molecule has 2 rings (SSSR count). The molecule has 32 heavy (non-hydrogen) atoms. The Hall–Kier alpha value is -2.51. The number of aliphatic hydroxyl groups is 1. The molecule has 1 aromatic heterocycles. The highest BCUT2D eigenvalue weighted by atomic mass is 31.2. The summed E-state index contributed by atoms with van der Waals surface area (Å²) < 4.78 is 28.8. The van der Waals surface area contributed by atoms with E-state index in [0.29, 0.717) is 0 Å². The minimum absolute atomic E-state index is 0.448. The van der Waals surface area contributed by atoms with Gasteiger partial charge in [-0.3, -0.25) is 23.7 Å². The first-order valence-corrected chi connectivity index (χ1v) is 11.1. The standard InChI is InChI=1S/C16H25N6O9P/c1-8(2)30-14(25)10(4)19-32(27,28)29-7-16(20-21-17)12(24)9(3)13(31-16)22-6-5-11(23)18-15(22)26/h5-6,8-10,12-13,24H,7H2,1-4H3,(H,18,23,26)(H2,19,27,28)/t9-,10-,12-,13+,16+/m1/s1. The molecule has 0 saturated carbocycles. The molecule has 6 atom stereocenters. The lowest BCUT2D eigenvalue weighted by atomic mass is 9.98. The number of aromatic amines is 1. The highest BCUT2D eigenvalue weighted by Crippen LogP contribution is 2.46. The van der Waals surface area contributed by atoms with E-state index in [1.807, 2.05) is 4.98 Å². The number of nitrogens with one attached hydrogen (secondary N) is 2. The number of aliphatic hydroxyl groups excluding tert-OH is 1. The van der Waals surface area contributed by atoms with Crippen molar-refractivity contribution in [2.45, 2.75) is 57.9 Å². The van der Waals surface area contributed by atoms with Crippen LogP contribution in [0.4, 0.5) is 0 Å². The smallest absolute Gasteiger partial charge is 0.403 e. The van der Waals surface area contributed by atoms with Crippen LogP contribution in [0.1, 0.15) is 33.9 Å². The van der Waals surface area contributed by atoms with Crippen molar-refractivity contribution in [2.24, 2.45) is 11.0 Å². The first-order chi connectivity index (χ1) is 14.8. The second-order valence-electron chi connectivity index (χ2n) is 7.49. The molecule has 1 fully saturated rings. The lowest BCUT2D eigenvalue weighted by molar-refractivity contribution is -0.149. The molecule has 1 aromatic rings. The first kappa shape index (κ1) is 25.7. The summed E-state index contributed by atoms with van der Waals surface area (Å²) >= 11 is 0. The quantitative estimate of drug-likeness (QED) is 0.124. The zero-order chi connectivity index (χ0) is 24.3. The molecule has 16 heteroatoms. The molecule has 0 spiro atoms. The van der Waals surface area contributed by atoms with Crippen LogP contribution >= 0.6 is 7.75 Å². The van der Waals surface area contributed by atoms with Gasteiger partial charge in [0, 0.05) is 23.1 Å². The van der Waals surface area contributed by atoms with Crippen molar-refractivity contribution < 1.29 is 33.4 Å². The van der Waals surface area contributed by atoms with Crippen LogP contribution in [-0.4, -0.2) is 56.1 Å². The monoisotopic (exact) mass is 476 g/mol. The number of aromatic nitrogens is 2. The fourth-order valence-corrected chi connectivity index (χ4v) is 4.08. The van der Waals surface area contributed by atoms with Gasteiger partial charge in [0.05, 0.1) is 18.8 Å². The van der Waals surface area contributed by atoms with E-state index in [4.69, 9.17) is 19.5 Å². The number of hydrogen-bond donors (Lipinski definition) is 4. The molecule has 1 saturated heterocycles. The van der Waals surface area contributed by atoms with Crippen LogP contribution in [0.25, 0.3) is 10.4 Å². The Kier molecular flexibility index (Phi) is 8.02. The van der Waals surface area contributed by atoms with E-state index in [1.165, 1.54) is 13.8 Å². The predicted octanol–water partition coefficient (Wildman–Crippen LogP) is 0.116. The van der Waals surface area contributed by atoms with E-state index < -0.39 is 67.7 Å². The summed E-state index contributed by atoms with van der Waals surface area (Å²) in [6.07, 6.45) is -2.08. The number of nitrogens with zero attached hydrogens (tertiary/aromatic N) is 4. The van der Waals surface area contributed by atoms with Gasteiger partial charge in [0.2, 0.25) is 0 Å². The summed E-state index contributed by atoms with van der Waals surface area (Å²) in [5.41, 5.74) is 5.28. The third-order valence-corrected chi connectivity index (χ3v) is 5.78. The molecule has 2 heterocycles. The number of carbonyl (C=O) groups excluding carboxylic acids is 1. The number of H-pyrrole nitrogens is 1. The number of carbonyl (C=O) groups is 1. The number of azide groups is 1. The Morgan fingerprint density at radius 1 is 1.50 bits per heavy atom. The van der Waals surface area contributed by atoms with Gasteiger partial charge in [-0.2, -0.15) is 0 Å². The Bertz CT molecular complexity index is 1050. The molecular weight excluding hydrogens is 451 g/mol. The summed E-state index contributed by atoms with van der Waals surface area (Å²) in [7, 11) is -4.66. The van der Waals surface area contributed by atoms with Crippen molar-refractivity contribution in [3.8, 4) is 0 Å². The third-order valence-electron chi connectivity index (χ3n) is 4.58. The normalized spacial score (nSPS) is 28.0. The molecular formula is C16H25N6O9P. The SMILES string of the molecule is CC(C)OC(=O)[C@@H](C)NP(=O)(O)OC[C@]1(N=[N+]=[N-])O[C@H](n2ccc(=O)[nH]c2=O)[C@H](C)[C@H]1O. The zero-order valence-corrected chi connectivity index (χ0v) is 18.6. The molecule has 1 aliphatic rings. The van der Waals surface area contributed by atoms with E-state index in [2.05, 4.69) is 15.1 Å². The van der Waals surface area contributed by atoms with Crippen molar-refractivity contribution in [3.05, 3.63) is 43.5 Å². The molecule has 0 aromatic carbocycles. The van der Waals surface area contributed by atoms with Crippen molar-refractivity contribution in [3.63, 3.8) is 0 Å². The zero-order valence-electron chi connectivity index (χ0n) is 17.7. The van der Waals surface area contributed by atoms with Crippen molar-refractivity contribution in [1.82, 2.24) is 14.6 Å². The third kappa shape index (κ3) is 5.84. The van der Waals surface area contributed by atoms with Crippen LogP contribution in [0.15, 0.2) is 27.0 Å². The minimum Gasteiger partial charge on any atom is -0.462 e. The van der Waals surface area contributed by atoms with Gasteiger partial charge in [0.15, 0.2) is 5.72 Å². The maximum absolute atomic E-state index is 12.4. The molecule has 178 valence electrons. The summed E-state index contributed by atoms with van der Waals surface area (Å²) in [6, 6.07) is -0.165. The highest BCUT2D eigenvalue weighted by molar-refractivity contribution is 7.50.